The van der Waals surface area contributed by atoms with E-state index < -0.39 is 18.3 Å². The Morgan fingerprint density at radius 1 is 1.18 bits per heavy atom. The third-order valence-electron chi connectivity index (χ3n) is 4.57. The van der Waals surface area contributed by atoms with Crippen LogP contribution in [0, 0.1) is 0 Å². The molecule has 0 aliphatic carbocycles. The van der Waals surface area contributed by atoms with Crippen LogP contribution in [0.15, 0.2) is 35.1 Å². The summed E-state index contributed by atoms with van der Waals surface area (Å²) in [5.41, 5.74) is 0.991. The van der Waals surface area contributed by atoms with E-state index in [4.69, 9.17) is 9.31 Å². The first-order valence-electron chi connectivity index (χ1n) is 7.47. The fraction of sp³-hybridized carbons (Fsp3) is 0.412. The maximum atomic E-state index is 9.74. The van der Waals surface area contributed by atoms with Crippen LogP contribution in [0.2, 0.25) is 0 Å². The molecular formula is C17H21BO3S. The molecule has 0 saturated carbocycles. The van der Waals surface area contributed by atoms with Gasteiger partial charge in [0.2, 0.25) is 0 Å². The van der Waals surface area contributed by atoms with Crippen LogP contribution in [0.5, 0.6) is 0 Å². The monoisotopic (exact) mass is 316 g/mol. The fourth-order valence-corrected chi connectivity index (χ4v) is 3.24. The molecule has 1 saturated heterocycles. The fourth-order valence-electron chi connectivity index (χ4n) is 2.47. The van der Waals surface area contributed by atoms with Gasteiger partial charge >= 0.3 is 7.12 Å². The normalized spacial score (nSPS) is 20.8. The molecule has 1 aromatic carbocycles. The zero-order chi connectivity index (χ0) is 16.0. The summed E-state index contributed by atoms with van der Waals surface area (Å²) in [4.78, 5) is 0. The number of hydrogen-bond acceptors (Lipinski definition) is 4. The largest absolute Gasteiger partial charge is 0.492 e. The molecule has 0 unspecified atom stereocenters. The third-order valence-corrected chi connectivity index (χ3v) is 5.46. The lowest BCUT2D eigenvalue weighted by Crippen LogP contribution is -2.41. The molecule has 22 heavy (non-hydrogen) atoms. The van der Waals surface area contributed by atoms with Crippen molar-refractivity contribution in [1.82, 2.24) is 0 Å². The minimum Gasteiger partial charge on any atom is -0.400 e. The summed E-state index contributed by atoms with van der Waals surface area (Å²) in [7, 11) is -0.506. The van der Waals surface area contributed by atoms with E-state index in [9.17, 15) is 5.11 Å². The Hall–Kier alpha value is -1.14. The first-order valence-corrected chi connectivity index (χ1v) is 8.34. The molecule has 0 atom stereocenters. The van der Waals surface area contributed by atoms with Gasteiger partial charge < -0.3 is 14.4 Å². The minimum atomic E-state index is -0.506. The van der Waals surface area contributed by atoms with Crippen LogP contribution in [-0.2, 0) is 9.31 Å². The van der Waals surface area contributed by atoms with Crippen molar-refractivity contribution in [2.45, 2.75) is 38.9 Å². The van der Waals surface area contributed by atoms with Crippen LogP contribution < -0.4 is 0 Å². The quantitative estimate of drug-likeness (QED) is 0.873. The zero-order valence-corrected chi connectivity index (χ0v) is 14.2. The van der Waals surface area contributed by atoms with Crippen LogP contribution in [0.4, 0.5) is 0 Å². The van der Waals surface area contributed by atoms with E-state index in [-0.39, 0.29) is 6.61 Å². The Morgan fingerprint density at radius 2 is 1.86 bits per heavy atom. The van der Waals surface area contributed by atoms with Gasteiger partial charge in [-0.2, -0.15) is 0 Å². The third kappa shape index (κ3) is 2.74. The van der Waals surface area contributed by atoms with Crippen molar-refractivity contribution in [2.24, 2.45) is 0 Å². The molecule has 0 amide bonds. The summed E-state index contributed by atoms with van der Waals surface area (Å²) >= 11 is 1.73. The van der Waals surface area contributed by atoms with Gasteiger partial charge in [-0.05, 0) is 67.7 Å². The van der Waals surface area contributed by atoms with Gasteiger partial charge in [0.05, 0.1) is 17.8 Å². The molecular weight excluding hydrogens is 295 g/mol. The highest BCUT2D eigenvalue weighted by Gasteiger charge is 2.52. The van der Waals surface area contributed by atoms with Crippen LogP contribution in [-0.4, -0.2) is 30.0 Å². The molecule has 2 heterocycles. The Bertz CT molecular complexity index is 702. The predicted molar refractivity (Wildman–Crippen MR) is 93.0 cm³/mol. The van der Waals surface area contributed by atoms with Crippen molar-refractivity contribution in [3.8, 4) is 0 Å². The summed E-state index contributed by atoms with van der Waals surface area (Å²) in [6.45, 7) is 7.97. The van der Waals surface area contributed by atoms with Crippen molar-refractivity contribution in [3.05, 3.63) is 40.7 Å². The number of hydrogen-bond donors (Lipinski definition) is 1. The minimum absolute atomic E-state index is 0.0848. The average molecular weight is 316 g/mol. The van der Waals surface area contributed by atoms with Gasteiger partial charge in [0.1, 0.15) is 0 Å². The standard InChI is InChI=1S/C17H21BO3S/c1-16(2)17(3,4)21-18(20-16)14(11-19)10-12-5-6-15-13(9-12)7-8-22-15/h5-10,19H,11H2,1-4H3. The number of aliphatic hydroxyl groups excluding tert-OH is 1. The highest BCUT2D eigenvalue weighted by molar-refractivity contribution is 7.17. The average Bonchev–Trinajstić information content (AvgIpc) is 2.98. The second-order valence-electron chi connectivity index (χ2n) is 6.68. The van der Waals surface area contributed by atoms with Gasteiger partial charge in [0.25, 0.3) is 0 Å². The Kier molecular flexibility index (Phi) is 3.93. The Balaban J connectivity index is 1.90. The van der Waals surface area contributed by atoms with Crippen LogP contribution in [0.3, 0.4) is 0 Å². The Labute approximate surface area is 135 Å². The molecule has 1 fully saturated rings. The van der Waals surface area contributed by atoms with E-state index in [0.29, 0.717) is 0 Å². The summed E-state index contributed by atoms with van der Waals surface area (Å²) in [6.07, 6.45) is 1.96. The van der Waals surface area contributed by atoms with E-state index in [1.807, 2.05) is 33.8 Å². The van der Waals surface area contributed by atoms with Gasteiger partial charge in [0.15, 0.2) is 0 Å². The van der Waals surface area contributed by atoms with E-state index in [1.165, 1.54) is 10.1 Å². The van der Waals surface area contributed by atoms with Crippen molar-refractivity contribution in [3.63, 3.8) is 0 Å². The SMILES string of the molecule is CC1(C)OB(C(=Cc2ccc3sccc3c2)CO)OC1(C)C. The van der Waals surface area contributed by atoms with Crippen molar-refractivity contribution >= 4 is 34.6 Å². The molecule has 0 spiro atoms. The lowest BCUT2D eigenvalue weighted by Gasteiger charge is -2.32. The number of fused-ring (bicyclic) bond motifs is 1. The molecule has 1 N–H and O–H groups in total. The Morgan fingerprint density at radius 3 is 2.50 bits per heavy atom. The lowest BCUT2D eigenvalue weighted by molar-refractivity contribution is 0.00578. The smallest absolute Gasteiger partial charge is 0.400 e. The zero-order valence-electron chi connectivity index (χ0n) is 13.4. The van der Waals surface area contributed by atoms with E-state index in [1.54, 1.807) is 11.3 Å². The van der Waals surface area contributed by atoms with Gasteiger partial charge in [-0.1, -0.05) is 12.1 Å². The molecule has 1 aliphatic heterocycles. The number of benzene rings is 1. The predicted octanol–water partition coefficient (Wildman–Crippen LogP) is 3.91. The molecule has 5 heteroatoms. The summed E-state index contributed by atoms with van der Waals surface area (Å²) in [5.74, 6) is 0. The summed E-state index contributed by atoms with van der Waals surface area (Å²) in [5, 5.41) is 13.0. The van der Waals surface area contributed by atoms with Crippen molar-refractivity contribution in [2.75, 3.05) is 6.61 Å². The molecule has 2 aromatic rings. The van der Waals surface area contributed by atoms with Crippen molar-refractivity contribution < 1.29 is 14.4 Å². The van der Waals surface area contributed by atoms with Gasteiger partial charge in [-0.15, -0.1) is 11.3 Å². The molecule has 1 aliphatic rings. The number of thiophene rings is 1. The summed E-state index contributed by atoms with van der Waals surface area (Å²) in [6, 6.07) is 8.38. The van der Waals surface area contributed by atoms with Crippen LogP contribution in [0.25, 0.3) is 16.2 Å². The summed E-state index contributed by atoms with van der Waals surface area (Å²) < 4.78 is 13.3. The molecule has 0 bridgehead atoms. The van der Waals surface area contributed by atoms with Crippen molar-refractivity contribution in [1.29, 1.82) is 0 Å². The lowest BCUT2D eigenvalue weighted by atomic mass is 9.77. The maximum Gasteiger partial charge on any atom is 0.492 e. The van der Waals surface area contributed by atoms with E-state index in [0.717, 1.165) is 11.0 Å². The van der Waals surface area contributed by atoms with E-state index >= 15 is 0 Å². The molecule has 0 radical (unpaired) electrons. The second kappa shape index (κ2) is 5.50. The van der Waals surface area contributed by atoms with Crippen LogP contribution in [0.1, 0.15) is 33.3 Å². The van der Waals surface area contributed by atoms with Gasteiger partial charge in [-0.3, -0.25) is 0 Å². The molecule has 3 rings (SSSR count). The highest BCUT2D eigenvalue weighted by atomic mass is 32.1. The highest BCUT2D eigenvalue weighted by Crippen LogP contribution is 2.38. The van der Waals surface area contributed by atoms with Gasteiger partial charge in [-0.25, -0.2) is 0 Å². The van der Waals surface area contributed by atoms with Crippen LogP contribution >= 0.6 is 11.3 Å². The topological polar surface area (TPSA) is 38.7 Å². The number of rotatable bonds is 3. The van der Waals surface area contributed by atoms with Gasteiger partial charge in [0, 0.05) is 4.70 Å². The molecule has 1 aromatic heterocycles. The molecule has 116 valence electrons. The first-order chi connectivity index (χ1) is 10.3. The second-order valence-corrected chi connectivity index (χ2v) is 7.63. The molecule has 3 nitrogen and oxygen atoms in total. The maximum absolute atomic E-state index is 9.74. The van der Waals surface area contributed by atoms with E-state index in [2.05, 4.69) is 29.6 Å². The number of aliphatic hydroxyl groups is 1. The first kappa shape index (κ1) is 15.7.